The van der Waals surface area contributed by atoms with Gasteiger partial charge >= 0.3 is 6.18 Å². The molecule has 1 fully saturated rings. The smallest absolute Gasteiger partial charge is 0.416 e. The quantitative estimate of drug-likeness (QED) is 0.652. The molecule has 1 aliphatic heterocycles. The topological polar surface area (TPSA) is 93.1 Å². The molecule has 4 rings (SSSR count). The highest BCUT2D eigenvalue weighted by atomic mass is 19.4. The highest BCUT2D eigenvalue weighted by Gasteiger charge is 2.31. The lowest BCUT2D eigenvalue weighted by atomic mass is 10.1. The van der Waals surface area contributed by atoms with Crippen LogP contribution < -0.4 is 5.73 Å². The van der Waals surface area contributed by atoms with E-state index in [4.69, 9.17) is 5.73 Å². The van der Waals surface area contributed by atoms with Gasteiger partial charge in [-0.05, 0) is 50.7 Å². The van der Waals surface area contributed by atoms with Gasteiger partial charge in [0.05, 0.1) is 22.7 Å². The predicted octanol–water partition coefficient (Wildman–Crippen LogP) is 3.83. The summed E-state index contributed by atoms with van der Waals surface area (Å²) in [5.74, 6) is -0.394. The lowest BCUT2D eigenvalue weighted by molar-refractivity contribution is -0.137. The minimum atomic E-state index is -4.54. The Morgan fingerprint density at radius 2 is 1.83 bits per heavy atom. The number of nitrogen functional groups attached to an aromatic ring is 1. The minimum absolute atomic E-state index is 0.120. The van der Waals surface area contributed by atoms with E-state index in [9.17, 15) is 18.3 Å². The zero-order chi connectivity index (χ0) is 21.9. The van der Waals surface area contributed by atoms with Gasteiger partial charge in [-0.1, -0.05) is 13.3 Å². The number of nitrogens with two attached hydrogens (primary N) is 1. The van der Waals surface area contributed by atoms with Crippen molar-refractivity contribution in [3.63, 3.8) is 0 Å². The fourth-order valence-corrected chi connectivity index (χ4v) is 3.48. The zero-order valence-corrected chi connectivity index (χ0v) is 16.9. The van der Waals surface area contributed by atoms with E-state index in [1.165, 1.54) is 49.8 Å². The van der Waals surface area contributed by atoms with Crippen LogP contribution >= 0.6 is 0 Å². The number of alkyl halides is 3. The number of anilines is 1. The van der Waals surface area contributed by atoms with Gasteiger partial charge in [-0.2, -0.15) is 18.3 Å². The van der Waals surface area contributed by atoms with Crippen molar-refractivity contribution in [3.05, 3.63) is 30.0 Å². The molecule has 1 aliphatic rings. The van der Waals surface area contributed by atoms with Crippen molar-refractivity contribution >= 4 is 16.7 Å². The van der Waals surface area contributed by atoms with Gasteiger partial charge in [-0.25, -0.2) is 0 Å². The number of hydrogen-bond donors (Lipinski definition) is 2. The van der Waals surface area contributed by atoms with Crippen LogP contribution in [0.15, 0.2) is 24.4 Å². The second-order valence-electron chi connectivity index (χ2n) is 7.19. The predicted molar refractivity (Wildman–Crippen MR) is 109 cm³/mol. The number of rotatable bonds is 2. The molecule has 0 atom stereocenters. The number of phenolic OH excluding ortho intramolecular Hbond substituents is 1. The van der Waals surface area contributed by atoms with Crippen LogP contribution in [0.2, 0.25) is 0 Å². The standard InChI is InChI=1S/C13H10F3N5O.C7H15N/c1-21-11-8(5-18-21)12(17)20-19-10(11)7-3-2-6(4-9(7)22)13(14,15)16;1-2-8-6-4-3-5-7-8/h2-5,22H,1H3,(H2,17,20);2-7H2,1H3. The number of fused-ring (bicyclic) bond motifs is 1. The molecular formula is C20H25F3N6O. The zero-order valence-electron chi connectivity index (χ0n) is 16.9. The van der Waals surface area contributed by atoms with Crippen LogP contribution in [0.5, 0.6) is 5.75 Å². The molecule has 0 saturated carbocycles. The first-order chi connectivity index (χ1) is 14.2. The number of likely N-dealkylation sites (tertiary alicyclic amines) is 1. The Bertz CT molecular complexity index is 1010. The number of aryl methyl sites for hydroxylation is 1. The molecule has 162 valence electrons. The third-order valence-corrected chi connectivity index (χ3v) is 5.17. The van der Waals surface area contributed by atoms with Crippen molar-refractivity contribution in [3.8, 4) is 17.0 Å². The van der Waals surface area contributed by atoms with Gasteiger partial charge in [0.15, 0.2) is 5.82 Å². The van der Waals surface area contributed by atoms with Crippen molar-refractivity contribution in [1.29, 1.82) is 0 Å². The Labute approximate surface area is 172 Å². The molecular weight excluding hydrogens is 397 g/mol. The fraction of sp³-hybridized carbons (Fsp3) is 0.450. The maximum atomic E-state index is 12.7. The number of hydrogen-bond acceptors (Lipinski definition) is 6. The number of halogens is 3. The van der Waals surface area contributed by atoms with Crippen LogP contribution in [0.1, 0.15) is 31.7 Å². The second-order valence-corrected chi connectivity index (χ2v) is 7.19. The number of aromatic hydroxyl groups is 1. The molecule has 3 N–H and O–H groups in total. The Kier molecular flexibility index (Phi) is 6.45. The van der Waals surface area contributed by atoms with E-state index in [2.05, 4.69) is 27.1 Å². The van der Waals surface area contributed by atoms with E-state index >= 15 is 0 Å². The van der Waals surface area contributed by atoms with E-state index in [0.29, 0.717) is 17.0 Å². The Hall–Kier alpha value is -2.88. The highest BCUT2D eigenvalue weighted by Crippen LogP contribution is 2.38. The monoisotopic (exact) mass is 422 g/mol. The summed E-state index contributed by atoms with van der Waals surface area (Å²) >= 11 is 0. The third kappa shape index (κ3) is 4.64. The van der Waals surface area contributed by atoms with Crippen molar-refractivity contribution in [2.45, 2.75) is 32.4 Å². The molecule has 0 spiro atoms. The molecule has 0 amide bonds. The summed E-state index contributed by atoms with van der Waals surface area (Å²) in [4.78, 5) is 2.52. The van der Waals surface area contributed by atoms with Gasteiger partial charge in [0.2, 0.25) is 0 Å². The van der Waals surface area contributed by atoms with E-state index in [-0.39, 0.29) is 17.1 Å². The Balaban J connectivity index is 0.000000269. The normalized spacial score (nSPS) is 15.1. The van der Waals surface area contributed by atoms with E-state index < -0.39 is 17.5 Å². The van der Waals surface area contributed by atoms with Crippen molar-refractivity contribution in [2.24, 2.45) is 7.05 Å². The fourth-order valence-electron chi connectivity index (χ4n) is 3.48. The van der Waals surface area contributed by atoms with Crippen LogP contribution in [-0.2, 0) is 13.2 Å². The summed E-state index contributed by atoms with van der Waals surface area (Å²) in [7, 11) is 1.63. The SMILES string of the molecule is CCN1CCCCC1.Cn1ncc2c(N)nnc(-c3ccc(C(F)(F)F)cc3O)c21. The van der Waals surface area contributed by atoms with Crippen LogP contribution in [0.25, 0.3) is 22.2 Å². The summed E-state index contributed by atoms with van der Waals surface area (Å²) in [6, 6.07) is 2.66. The molecule has 1 aromatic carbocycles. The van der Waals surface area contributed by atoms with Crippen LogP contribution in [0.3, 0.4) is 0 Å². The number of benzene rings is 1. The van der Waals surface area contributed by atoms with Crippen molar-refractivity contribution in [1.82, 2.24) is 24.9 Å². The largest absolute Gasteiger partial charge is 0.507 e. The molecule has 1 saturated heterocycles. The summed E-state index contributed by atoms with van der Waals surface area (Å²) in [5, 5.41) is 22.1. The second kappa shape index (κ2) is 8.86. The van der Waals surface area contributed by atoms with E-state index in [1.54, 1.807) is 7.05 Å². The lowest BCUT2D eigenvalue weighted by Crippen LogP contribution is -2.29. The number of nitrogens with zero attached hydrogens (tertiary/aromatic N) is 5. The molecule has 0 aliphatic carbocycles. The maximum Gasteiger partial charge on any atom is 0.416 e. The average Bonchev–Trinajstić information content (AvgIpc) is 3.12. The summed E-state index contributed by atoms with van der Waals surface area (Å²) in [5.41, 5.74) is 5.55. The molecule has 2 aromatic heterocycles. The molecule has 10 heteroatoms. The molecule has 0 radical (unpaired) electrons. The number of piperidine rings is 1. The van der Waals surface area contributed by atoms with Gasteiger partial charge in [0.1, 0.15) is 11.4 Å². The number of aromatic nitrogens is 4. The maximum absolute atomic E-state index is 12.7. The van der Waals surface area contributed by atoms with Crippen molar-refractivity contribution < 1.29 is 18.3 Å². The Morgan fingerprint density at radius 3 is 2.40 bits per heavy atom. The summed E-state index contributed by atoms with van der Waals surface area (Å²) in [6.07, 6.45) is 1.24. The van der Waals surface area contributed by atoms with Gasteiger partial charge in [-0.15, -0.1) is 10.2 Å². The molecule has 7 nitrogen and oxygen atoms in total. The molecule has 3 aromatic rings. The van der Waals surface area contributed by atoms with Crippen LogP contribution in [0.4, 0.5) is 19.0 Å². The third-order valence-electron chi connectivity index (χ3n) is 5.17. The number of phenols is 1. The average molecular weight is 422 g/mol. The molecule has 0 bridgehead atoms. The molecule has 3 heterocycles. The van der Waals surface area contributed by atoms with Crippen LogP contribution in [-0.4, -0.2) is 49.6 Å². The highest BCUT2D eigenvalue weighted by molar-refractivity contribution is 5.97. The summed E-state index contributed by atoms with van der Waals surface area (Å²) < 4.78 is 39.4. The van der Waals surface area contributed by atoms with Crippen molar-refractivity contribution in [2.75, 3.05) is 25.4 Å². The molecule has 30 heavy (non-hydrogen) atoms. The lowest BCUT2D eigenvalue weighted by Gasteiger charge is -2.24. The minimum Gasteiger partial charge on any atom is -0.507 e. The van der Waals surface area contributed by atoms with Gasteiger partial charge in [0, 0.05) is 12.6 Å². The van der Waals surface area contributed by atoms with Gasteiger partial charge in [-0.3, -0.25) is 4.68 Å². The first-order valence-electron chi connectivity index (χ1n) is 9.79. The first kappa shape index (κ1) is 21.8. The Morgan fingerprint density at radius 1 is 1.13 bits per heavy atom. The van der Waals surface area contributed by atoms with E-state index in [0.717, 1.165) is 12.1 Å². The van der Waals surface area contributed by atoms with Gasteiger partial charge < -0.3 is 15.7 Å². The summed E-state index contributed by atoms with van der Waals surface area (Å²) in [6.45, 7) is 6.18. The molecule has 0 unspecified atom stereocenters. The first-order valence-corrected chi connectivity index (χ1v) is 9.79. The van der Waals surface area contributed by atoms with E-state index in [1.807, 2.05) is 0 Å². The van der Waals surface area contributed by atoms with Gasteiger partial charge in [0.25, 0.3) is 0 Å². The van der Waals surface area contributed by atoms with Crippen LogP contribution in [0, 0.1) is 0 Å².